The molecule has 0 bridgehead atoms. The highest BCUT2D eigenvalue weighted by Crippen LogP contribution is 2.27. The van der Waals surface area contributed by atoms with E-state index in [0.717, 1.165) is 25.4 Å². The minimum atomic E-state index is 0.491. The van der Waals surface area contributed by atoms with E-state index in [1.165, 1.54) is 17.9 Å². The van der Waals surface area contributed by atoms with Crippen molar-refractivity contribution in [2.24, 2.45) is 11.8 Å². The Bertz CT molecular complexity index is 129. The summed E-state index contributed by atoms with van der Waals surface area (Å²) in [6.45, 7) is 0.845. The zero-order valence-corrected chi connectivity index (χ0v) is 9.11. The summed E-state index contributed by atoms with van der Waals surface area (Å²) in [6, 6.07) is 0.491. The van der Waals surface area contributed by atoms with Gasteiger partial charge in [0.2, 0.25) is 0 Å². The Morgan fingerprint density at radius 1 is 1.69 bits per heavy atom. The van der Waals surface area contributed by atoms with E-state index in [1.54, 1.807) is 7.11 Å². The van der Waals surface area contributed by atoms with Crippen molar-refractivity contribution >= 4 is 11.8 Å². The molecule has 78 valence electrons. The van der Waals surface area contributed by atoms with Gasteiger partial charge in [-0.05, 0) is 36.7 Å². The predicted molar refractivity (Wildman–Crippen MR) is 57.7 cm³/mol. The van der Waals surface area contributed by atoms with Crippen LogP contribution in [0.4, 0.5) is 0 Å². The van der Waals surface area contributed by atoms with Crippen LogP contribution in [0.5, 0.6) is 0 Å². The molecule has 1 aliphatic heterocycles. The minimum absolute atomic E-state index is 0.491. The van der Waals surface area contributed by atoms with E-state index in [4.69, 9.17) is 10.6 Å². The predicted octanol–water partition coefficient (Wildman–Crippen LogP) is 0.998. The van der Waals surface area contributed by atoms with E-state index in [-0.39, 0.29) is 0 Å². The number of nitrogens with two attached hydrogens (primary N) is 1. The van der Waals surface area contributed by atoms with Crippen molar-refractivity contribution in [2.45, 2.75) is 25.3 Å². The van der Waals surface area contributed by atoms with Crippen LogP contribution in [0, 0.1) is 5.92 Å². The molecule has 2 unspecified atom stereocenters. The fourth-order valence-electron chi connectivity index (χ4n) is 1.77. The largest absolute Gasteiger partial charge is 0.385 e. The van der Waals surface area contributed by atoms with Crippen molar-refractivity contribution in [3.05, 3.63) is 0 Å². The standard InChI is InChI=1S/C9H20N2OS/c1-12-5-2-3-9(11-10)8-4-6-13-7-8/h8-9,11H,2-7,10H2,1H3. The molecular formula is C9H20N2OS. The van der Waals surface area contributed by atoms with Crippen LogP contribution in [0.1, 0.15) is 19.3 Å². The summed E-state index contributed by atoms with van der Waals surface area (Å²) in [7, 11) is 1.75. The average Bonchev–Trinajstić information content (AvgIpc) is 2.65. The fourth-order valence-corrected chi connectivity index (χ4v) is 3.11. The highest BCUT2D eigenvalue weighted by molar-refractivity contribution is 7.99. The van der Waals surface area contributed by atoms with Gasteiger partial charge in [0.05, 0.1) is 0 Å². The molecule has 0 radical (unpaired) electrons. The summed E-state index contributed by atoms with van der Waals surface area (Å²) in [5.41, 5.74) is 2.93. The third-order valence-electron chi connectivity index (χ3n) is 2.61. The highest BCUT2D eigenvalue weighted by atomic mass is 32.2. The van der Waals surface area contributed by atoms with Gasteiger partial charge in [-0.15, -0.1) is 0 Å². The fraction of sp³-hybridized carbons (Fsp3) is 1.00. The molecule has 0 aliphatic carbocycles. The first-order valence-electron chi connectivity index (χ1n) is 4.91. The number of methoxy groups -OCH3 is 1. The summed E-state index contributed by atoms with van der Waals surface area (Å²) in [4.78, 5) is 0. The Balaban J connectivity index is 2.16. The lowest BCUT2D eigenvalue weighted by Gasteiger charge is -2.21. The van der Waals surface area contributed by atoms with Crippen LogP contribution in [0.15, 0.2) is 0 Å². The number of hydrogen-bond donors (Lipinski definition) is 2. The lowest BCUT2D eigenvalue weighted by atomic mass is 9.96. The molecule has 3 N–H and O–H groups in total. The van der Waals surface area contributed by atoms with Crippen LogP contribution >= 0.6 is 11.8 Å². The van der Waals surface area contributed by atoms with Gasteiger partial charge in [0.15, 0.2) is 0 Å². The number of hydrazine groups is 1. The molecule has 13 heavy (non-hydrogen) atoms. The summed E-state index contributed by atoms with van der Waals surface area (Å²) < 4.78 is 5.03. The number of nitrogens with one attached hydrogen (secondary N) is 1. The van der Waals surface area contributed by atoms with Crippen LogP contribution in [0.2, 0.25) is 0 Å². The molecule has 0 spiro atoms. The monoisotopic (exact) mass is 204 g/mol. The van der Waals surface area contributed by atoms with Crippen LogP contribution in [-0.2, 0) is 4.74 Å². The third-order valence-corrected chi connectivity index (χ3v) is 3.80. The molecular weight excluding hydrogens is 184 g/mol. The third kappa shape index (κ3) is 3.85. The second-order valence-electron chi connectivity index (χ2n) is 3.53. The molecule has 1 saturated heterocycles. The molecule has 0 aromatic rings. The molecule has 1 rings (SSSR count). The summed E-state index contributed by atoms with van der Waals surface area (Å²) in [5.74, 6) is 8.87. The van der Waals surface area contributed by atoms with Crippen molar-refractivity contribution in [3.63, 3.8) is 0 Å². The second-order valence-corrected chi connectivity index (χ2v) is 4.68. The van der Waals surface area contributed by atoms with E-state index < -0.39 is 0 Å². The number of thioether (sulfide) groups is 1. The first-order chi connectivity index (χ1) is 6.38. The van der Waals surface area contributed by atoms with Crippen molar-refractivity contribution in [2.75, 3.05) is 25.2 Å². The molecule has 2 atom stereocenters. The van der Waals surface area contributed by atoms with E-state index in [9.17, 15) is 0 Å². The lowest BCUT2D eigenvalue weighted by Crippen LogP contribution is -2.41. The van der Waals surface area contributed by atoms with E-state index in [0.29, 0.717) is 6.04 Å². The molecule has 1 fully saturated rings. The first-order valence-corrected chi connectivity index (χ1v) is 6.06. The van der Waals surface area contributed by atoms with Crippen LogP contribution in [0.25, 0.3) is 0 Å². The quantitative estimate of drug-likeness (QED) is 0.385. The van der Waals surface area contributed by atoms with Gasteiger partial charge in [0.1, 0.15) is 0 Å². The van der Waals surface area contributed by atoms with Gasteiger partial charge in [-0.25, -0.2) is 0 Å². The Morgan fingerprint density at radius 3 is 3.08 bits per heavy atom. The average molecular weight is 204 g/mol. The Hall–Kier alpha value is 0.230. The number of ether oxygens (including phenoxy) is 1. The van der Waals surface area contributed by atoms with Crippen LogP contribution in [0.3, 0.4) is 0 Å². The Morgan fingerprint density at radius 2 is 2.54 bits per heavy atom. The van der Waals surface area contributed by atoms with Gasteiger partial charge in [0, 0.05) is 19.8 Å². The Kier molecular flexibility index (Phi) is 5.78. The molecule has 1 heterocycles. The SMILES string of the molecule is COCCCC(NN)C1CCSC1. The van der Waals surface area contributed by atoms with Gasteiger partial charge >= 0.3 is 0 Å². The minimum Gasteiger partial charge on any atom is -0.385 e. The summed E-state index contributed by atoms with van der Waals surface area (Å²) in [5, 5.41) is 0. The zero-order chi connectivity index (χ0) is 9.52. The Labute approximate surface area is 84.7 Å². The molecule has 0 aromatic carbocycles. The first kappa shape index (κ1) is 11.3. The van der Waals surface area contributed by atoms with Crippen molar-refractivity contribution in [1.29, 1.82) is 0 Å². The maximum absolute atomic E-state index is 5.53. The van der Waals surface area contributed by atoms with Gasteiger partial charge in [0.25, 0.3) is 0 Å². The second kappa shape index (κ2) is 6.65. The zero-order valence-electron chi connectivity index (χ0n) is 8.29. The number of rotatable bonds is 6. The lowest BCUT2D eigenvalue weighted by molar-refractivity contribution is 0.184. The molecule has 0 saturated carbocycles. The maximum atomic E-state index is 5.53. The van der Waals surface area contributed by atoms with Crippen molar-refractivity contribution < 1.29 is 4.74 Å². The topological polar surface area (TPSA) is 47.3 Å². The van der Waals surface area contributed by atoms with Crippen LogP contribution in [-0.4, -0.2) is 31.3 Å². The normalized spacial score (nSPS) is 24.9. The maximum Gasteiger partial charge on any atom is 0.0462 e. The van der Waals surface area contributed by atoms with Gasteiger partial charge < -0.3 is 4.74 Å². The summed E-state index contributed by atoms with van der Waals surface area (Å²) >= 11 is 2.04. The highest BCUT2D eigenvalue weighted by Gasteiger charge is 2.23. The van der Waals surface area contributed by atoms with Crippen molar-refractivity contribution in [1.82, 2.24) is 5.43 Å². The number of hydrogen-bond acceptors (Lipinski definition) is 4. The van der Waals surface area contributed by atoms with E-state index in [1.807, 2.05) is 11.8 Å². The van der Waals surface area contributed by atoms with Gasteiger partial charge in [-0.1, -0.05) is 0 Å². The van der Waals surface area contributed by atoms with Gasteiger partial charge in [-0.3, -0.25) is 11.3 Å². The molecule has 4 heteroatoms. The molecule has 3 nitrogen and oxygen atoms in total. The van der Waals surface area contributed by atoms with E-state index in [2.05, 4.69) is 5.43 Å². The van der Waals surface area contributed by atoms with Crippen molar-refractivity contribution in [3.8, 4) is 0 Å². The summed E-state index contributed by atoms with van der Waals surface area (Å²) in [6.07, 6.45) is 3.55. The molecule has 0 amide bonds. The molecule has 1 aliphatic rings. The smallest absolute Gasteiger partial charge is 0.0462 e. The van der Waals surface area contributed by atoms with Gasteiger partial charge in [-0.2, -0.15) is 11.8 Å². The molecule has 0 aromatic heterocycles. The van der Waals surface area contributed by atoms with E-state index >= 15 is 0 Å². The van der Waals surface area contributed by atoms with Crippen LogP contribution < -0.4 is 11.3 Å².